The standard InChI is InChI=1S/C27H33FN2O3S/c1-34-22-10-8-20(9-11-22)17-27(14-12-25(31)29-27)15-13-26(32)30-16-4-5-21(18-30)19-33-24-7-3-2-6-23(24)28/h2-3,6-11,21H,4-5,12-19H2,1H3,(H,29,31)/t21-,27-/m0/s1. The first-order valence-electron chi connectivity index (χ1n) is 12.1. The summed E-state index contributed by atoms with van der Waals surface area (Å²) in [6.45, 7) is 1.77. The van der Waals surface area contributed by atoms with E-state index in [1.807, 2.05) is 4.90 Å². The molecule has 2 fully saturated rings. The van der Waals surface area contributed by atoms with E-state index in [2.05, 4.69) is 35.8 Å². The lowest BCUT2D eigenvalue weighted by Gasteiger charge is -2.34. The van der Waals surface area contributed by atoms with Crippen LogP contribution in [-0.2, 0) is 16.0 Å². The van der Waals surface area contributed by atoms with Crippen LogP contribution >= 0.6 is 11.8 Å². The van der Waals surface area contributed by atoms with Crippen LogP contribution in [-0.4, -0.2) is 48.2 Å². The number of ether oxygens (including phenoxy) is 1. The van der Waals surface area contributed by atoms with Gasteiger partial charge in [0.2, 0.25) is 11.8 Å². The second-order valence-electron chi connectivity index (χ2n) is 9.44. The highest BCUT2D eigenvalue weighted by atomic mass is 32.2. The number of thioether (sulfide) groups is 1. The van der Waals surface area contributed by atoms with Crippen molar-refractivity contribution in [1.29, 1.82) is 0 Å². The molecule has 2 amide bonds. The molecule has 2 aromatic rings. The van der Waals surface area contributed by atoms with Gasteiger partial charge in [0.05, 0.1) is 6.61 Å². The van der Waals surface area contributed by atoms with E-state index in [9.17, 15) is 14.0 Å². The molecule has 34 heavy (non-hydrogen) atoms. The van der Waals surface area contributed by atoms with Gasteiger partial charge in [0.15, 0.2) is 11.6 Å². The second-order valence-corrected chi connectivity index (χ2v) is 10.3. The van der Waals surface area contributed by atoms with Gasteiger partial charge < -0.3 is 15.0 Å². The number of hydrogen-bond acceptors (Lipinski definition) is 4. The number of para-hydroxylation sites is 1. The maximum absolute atomic E-state index is 13.8. The van der Waals surface area contributed by atoms with Crippen LogP contribution in [0.5, 0.6) is 5.75 Å². The number of piperidine rings is 1. The molecule has 2 heterocycles. The van der Waals surface area contributed by atoms with Crippen molar-refractivity contribution >= 4 is 23.6 Å². The van der Waals surface area contributed by atoms with Gasteiger partial charge in [-0.25, -0.2) is 4.39 Å². The number of nitrogens with zero attached hydrogens (tertiary/aromatic N) is 1. The summed E-state index contributed by atoms with van der Waals surface area (Å²) in [4.78, 5) is 28.3. The number of amides is 2. The van der Waals surface area contributed by atoms with Crippen molar-refractivity contribution in [3.63, 3.8) is 0 Å². The molecular formula is C27H33FN2O3S. The highest BCUT2D eigenvalue weighted by Gasteiger charge is 2.38. The van der Waals surface area contributed by atoms with E-state index in [1.54, 1.807) is 30.0 Å². The minimum absolute atomic E-state index is 0.0662. The van der Waals surface area contributed by atoms with Gasteiger partial charge in [0, 0.05) is 42.3 Å². The molecule has 0 aliphatic carbocycles. The highest BCUT2D eigenvalue weighted by Crippen LogP contribution is 2.31. The van der Waals surface area contributed by atoms with Gasteiger partial charge in [-0.2, -0.15) is 0 Å². The summed E-state index contributed by atoms with van der Waals surface area (Å²) in [7, 11) is 0. The van der Waals surface area contributed by atoms with Crippen molar-refractivity contribution < 1.29 is 18.7 Å². The fourth-order valence-corrected chi connectivity index (χ4v) is 5.43. The zero-order chi connectivity index (χ0) is 24.0. The van der Waals surface area contributed by atoms with Crippen LogP contribution in [0.2, 0.25) is 0 Å². The summed E-state index contributed by atoms with van der Waals surface area (Å²) in [6.07, 6.45) is 6.97. The monoisotopic (exact) mass is 484 g/mol. The van der Waals surface area contributed by atoms with E-state index in [0.717, 1.165) is 32.2 Å². The van der Waals surface area contributed by atoms with Crippen molar-refractivity contribution in [2.24, 2.45) is 5.92 Å². The smallest absolute Gasteiger partial charge is 0.222 e. The quantitative estimate of drug-likeness (QED) is 0.518. The second kappa shape index (κ2) is 11.3. The molecule has 4 rings (SSSR count). The molecule has 7 heteroatoms. The first kappa shape index (κ1) is 24.6. The number of halogens is 1. The first-order valence-corrected chi connectivity index (χ1v) is 13.3. The SMILES string of the molecule is CSc1ccc(C[C@@]2(CCC(=O)N3CCC[C@H](COc4ccccc4F)C3)CCC(=O)N2)cc1. The molecule has 0 bridgehead atoms. The van der Waals surface area contributed by atoms with Crippen molar-refractivity contribution in [2.75, 3.05) is 26.0 Å². The third-order valence-corrected chi connectivity index (χ3v) is 7.68. The minimum Gasteiger partial charge on any atom is -0.490 e. The number of carbonyl (C=O) groups is 2. The van der Waals surface area contributed by atoms with Crippen molar-refractivity contribution in [3.8, 4) is 5.75 Å². The lowest BCUT2D eigenvalue weighted by molar-refractivity contribution is -0.134. The Morgan fingerprint density at radius 1 is 1.24 bits per heavy atom. The molecule has 2 atom stereocenters. The van der Waals surface area contributed by atoms with Gasteiger partial charge in [-0.05, 0) is 68.2 Å². The average Bonchev–Trinajstić information content (AvgIpc) is 3.23. The normalized spacial score (nSPS) is 22.5. The Hall–Kier alpha value is -2.54. The fourth-order valence-electron chi connectivity index (χ4n) is 5.02. The third kappa shape index (κ3) is 6.32. The Balaban J connectivity index is 1.32. The van der Waals surface area contributed by atoms with Crippen LogP contribution in [0.25, 0.3) is 0 Å². The Morgan fingerprint density at radius 3 is 2.74 bits per heavy atom. The summed E-state index contributed by atoms with van der Waals surface area (Å²) < 4.78 is 19.5. The molecule has 0 aromatic heterocycles. The summed E-state index contributed by atoms with van der Waals surface area (Å²) >= 11 is 1.71. The highest BCUT2D eigenvalue weighted by molar-refractivity contribution is 7.98. The lowest BCUT2D eigenvalue weighted by Crippen LogP contribution is -2.46. The number of benzene rings is 2. The van der Waals surface area contributed by atoms with Gasteiger partial charge in [0.1, 0.15) is 0 Å². The Kier molecular flexibility index (Phi) is 8.14. The summed E-state index contributed by atoms with van der Waals surface area (Å²) in [5, 5.41) is 3.18. The van der Waals surface area contributed by atoms with Crippen molar-refractivity contribution in [1.82, 2.24) is 10.2 Å². The van der Waals surface area contributed by atoms with Crippen LogP contribution in [0.4, 0.5) is 4.39 Å². The molecule has 1 N–H and O–H groups in total. The average molecular weight is 485 g/mol. The molecule has 2 aromatic carbocycles. The molecule has 0 saturated carbocycles. The maximum atomic E-state index is 13.8. The number of nitrogens with one attached hydrogen (secondary N) is 1. The van der Waals surface area contributed by atoms with Crippen LogP contribution in [0.1, 0.15) is 44.1 Å². The Bertz CT molecular complexity index is 1000. The summed E-state index contributed by atoms with van der Waals surface area (Å²) in [5.41, 5.74) is 0.812. The zero-order valence-corrected chi connectivity index (χ0v) is 20.5. The molecule has 0 spiro atoms. The number of rotatable bonds is 9. The summed E-state index contributed by atoms with van der Waals surface area (Å²) in [6, 6.07) is 14.9. The predicted molar refractivity (Wildman–Crippen MR) is 132 cm³/mol. The van der Waals surface area contributed by atoms with E-state index < -0.39 is 0 Å². The van der Waals surface area contributed by atoms with Crippen LogP contribution in [0, 0.1) is 11.7 Å². The fraction of sp³-hybridized carbons (Fsp3) is 0.481. The largest absolute Gasteiger partial charge is 0.490 e. The number of likely N-dealkylation sites (tertiary alicyclic amines) is 1. The third-order valence-electron chi connectivity index (χ3n) is 6.94. The predicted octanol–water partition coefficient (Wildman–Crippen LogP) is 4.84. The molecule has 2 aliphatic heterocycles. The molecule has 182 valence electrons. The maximum Gasteiger partial charge on any atom is 0.222 e. The van der Waals surface area contributed by atoms with Crippen molar-refractivity contribution in [2.45, 2.75) is 55.4 Å². The van der Waals surface area contributed by atoms with E-state index in [1.165, 1.54) is 16.5 Å². The van der Waals surface area contributed by atoms with Crippen LogP contribution in [0.3, 0.4) is 0 Å². The van der Waals surface area contributed by atoms with Gasteiger partial charge in [-0.3, -0.25) is 9.59 Å². The molecule has 0 radical (unpaired) electrons. The van der Waals surface area contributed by atoms with E-state index in [0.29, 0.717) is 32.4 Å². The van der Waals surface area contributed by atoms with Crippen LogP contribution in [0.15, 0.2) is 53.4 Å². The van der Waals surface area contributed by atoms with E-state index in [-0.39, 0.29) is 34.8 Å². The van der Waals surface area contributed by atoms with Gasteiger partial charge >= 0.3 is 0 Å². The number of hydrogen-bond donors (Lipinski definition) is 1. The lowest BCUT2D eigenvalue weighted by atomic mass is 9.84. The summed E-state index contributed by atoms with van der Waals surface area (Å²) in [5.74, 6) is 0.270. The molecule has 5 nitrogen and oxygen atoms in total. The van der Waals surface area contributed by atoms with Crippen molar-refractivity contribution in [3.05, 3.63) is 59.9 Å². The Morgan fingerprint density at radius 2 is 2.03 bits per heavy atom. The van der Waals surface area contributed by atoms with Crippen LogP contribution < -0.4 is 10.1 Å². The first-order chi connectivity index (χ1) is 16.5. The van der Waals surface area contributed by atoms with Gasteiger partial charge in [-0.1, -0.05) is 24.3 Å². The molecule has 2 saturated heterocycles. The van der Waals surface area contributed by atoms with E-state index in [4.69, 9.17) is 4.74 Å². The minimum atomic E-state index is -0.364. The van der Waals surface area contributed by atoms with Gasteiger partial charge in [0.25, 0.3) is 0 Å². The number of carbonyl (C=O) groups excluding carboxylic acids is 2. The molecule has 2 aliphatic rings. The van der Waals surface area contributed by atoms with Gasteiger partial charge in [-0.15, -0.1) is 11.8 Å². The molecular weight excluding hydrogens is 451 g/mol. The molecule has 0 unspecified atom stereocenters. The zero-order valence-electron chi connectivity index (χ0n) is 19.7. The Labute approximate surface area is 205 Å². The van der Waals surface area contributed by atoms with E-state index >= 15 is 0 Å². The topological polar surface area (TPSA) is 58.6 Å².